The van der Waals surface area contributed by atoms with Crippen molar-refractivity contribution in [3.63, 3.8) is 0 Å². The van der Waals surface area contributed by atoms with Crippen molar-refractivity contribution < 1.29 is 0 Å². The van der Waals surface area contributed by atoms with E-state index in [4.69, 9.17) is 0 Å². The number of hydrogen-bond acceptors (Lipinski definition) is 1. The SMILES string of the molecule is CCCNC(CC1CCC1)c1ccccc1C. The Kier molecular flexibility index (Phi) is 4.61. The Morgan fingerprint density at radius 3 is 2.65 bits per heavy atom. The summed E-state index contributed by atoms with van der Waals surface area (Å²) in [5.74, 6) is 0.962. The Morgan fingerprint density at radius 2 is 2.06 bits per heavy atom. The highest BCUT2D eigenvalue weighted by atomic mass is 14.9. The summed E-state index contributed by atoms with van der Waals surface area (Å²) in [5, 5.41) is 3.73. The molecule has 17 heavy (non-hydrogen) atoms. The first-order chi connectivity index (χ1) is 8.31. The van der Waals surface area contributed by atoms with Gasteiger partial charge in [0.05, 0.1) is 0 Å². The molecule has 1 unspecified atom stereocenters. The Labute approximate surface area is 106 Å². The van der Waals surface area contributed by atoms with E-state index in [0.717, 1.165) is 12.5 Å². The van der Waals surface area contributed by atoms with Crippen LogP contribution in [0.5, 0.6) is 0 Å². The van der Waals surface area contributed by atoms with Gasteiger partial charge in [-0.05, 0) is 43.4 Å². The van der Waals surface area contributed by atoms with Gasteiger partial charge in [0.1, 0.15) is 0 Å². The highest BCUT2D eigenvalue weighted by Gasteiger charge is 2.23. The minimum Gasteiger partial charge on any atom is -0.310 e. The lowest BCUT2D eigenvalue weighted by Crippen LogP contribution is -2.27. The third-order valence-corrected chi connectivity index (χ3v) is 4.00. The molecule has 1 nitrogen and oxygen atoms in total. The van der Waals surface area contributed by atoms with Gasteiger partial charge in [0.25, 0.3) is 0 Å². The van der Waals surface area contributed by atoms with E-state index >= 15 is 0 Å². The fourth-order valence-electron chi connectivity index (χ4n) is 2.68. The predicted octanol–water partition coefficient (Wildman–Crippen LogP) is 4.23. The summed E-state index contributed by atoms with van der Waals surface area (Å²) >= 11 is 0. The van der Waals surface area contributed by atoms with Crippen molar-refractivity contribution in [2.24, 2.45) is 5.92 Å². The first-order valence-corrected chi connectivity index (χ1v) is 7.10. The molecule has 1 N–H and O–H groups in total. The number of nitrogens with one attached hydrogen (secondary N) is 1. The molecule has 0 spiro atoms. The standard InChI is InChI=1S/C16H25N/c1-3-11-17-16(12-14-8-6-9-14)15-10-5-4-7-13(15)2/h4-5,7,10,14,16-17H,3,6,8-9,11-12H2,1-2H3. The molecule has 0 aliphatic heterocycles. The first kappa shape index (κ1) is 12.6. The Bertz CT molecular complexity index is 341. The van der Waals surface area contributed by atoms with Gasteiger partial charge in [0, 0.05) is 6.04 Å². The van der Waals surface area contributed by atoms with Crippen molar-refractivity contribution in [2.45, 2.75) is 52.0 Å². The molecule has 1 fully saturated rings. The second kappa shape index (κ2) is 6.20. The van der Waals surface area contributed by atoms with Gasteiger partial charge in [0.2, 0.25) is 0 Å². The van der Waals surface area contributed by atoms with Gasteiger partial charge >= 0.3 is 0 Å². The van der Waals surface area contributed by atoms with E-state index < -0.39 is 0 Å². The lowest BCUT2D eigenvalue weighted by molar-refractivity contribution is 0.261. The summed E-state index contributed by atoms with van der Waals surface area (Å²) in [4.78, 5) is 0. The molecule has 94 valence electrons. The first-order valence-electron chi connectivity index (χ1n) is 7.10. The molecule has 0 bridgehead atoms. The summed E-state index contributed by atoms with van der Waals surface area (Å²) in [6, 6.07) is 9.40. The van der Waals surface area contributed by atoms with E-state index in [1.165, 1.54) is 43.2 Å². The molecule has 1 aliphatic carbocycles. The van der Waals surface area contributed by atoms with Crippen LogP contribution in [0.3, 0.4) is 0 Å². The molecule has 0 heterocycles. The number of hydrogen-bond donors (Lipinski definition) is 1. The maximum absolute atomic E-state index is 3.73. The molecule has 0 aromatic heterocycles. The summed E-state index contributed by atoms with van der Waals surface area (Å²) in [6.07, 6.45) is 6.86. The zero-order chi connectivity index (χ0) is 12.1. The van der Waals surface area contributed by atoms with Crippen molar-refractivity contribution in [3.8, 4) is 0 Å². The van der Waals surface area contributed by atoms with Crippen molar-refractivity contribution in [3.05, 3.63) is 35.4 Å². The molecule has 1 aromatic rings. The van der Waals surface area contributed by atoms with Crippen molar-refractivity contribution >= 4 is 0 Å². The van der Waals surface area contributed by atoms with Gasteiger partial charge in [-0.3, -0.25) is 0 Å². The van der Waals surface area contributed by atoms with Gasteiger partial charge < -0.3 is 5.32 Å². The Balaban J connectivity index is 2.05. The van der Waals surface area contributed by atoms with Crippen LogP contribution in [0.2, 0.25) is 0 Å². The lowest BCUT2D eigenvalue weighted by atomic mass is 9.79. The van der Waals surface area contributed by atoms with Crippen LogP contribution in [0, 0.1) is 12.8 Å². The van der Waals surface area contributed by atoms with Gasteiger partial charge in [-0.15, -0.1) is 0 Å². The van der Waals surface area contributed by atoms with Crippen LogP contribution in [0.25, 0.3) is 0 Å². The highest BCUT2D eigenvalue weighted by Crippen LogP contribution is 2.35. The van der Waals surface area contributed by atoms with E-state index in [0.29, 0.717) is 6.04 Å². The fourth-order valence-corrected chi connectivity index (χ4v) is 2.68. The van der Waals surface area contributed by atoms with Crippen molar-refractivity contribution in [1.82, 2.24) is 5.32 Å². The highest BCUT2D eigenvalue weighted by molar-refractivity contribution is 5.28. The van der Waals surface area contributed by atoms with Gasteiger partial charge in [-0.25, -0.2) is 0 Å². The molecule has 1 atom stereocenters. The van der Waals surface area contributed by atoms with Crippen LogP contribution in [-0.2, 0) is 0 Å². The van der Waals surface area contributed by atoms with E-state index in [1.807, 2.05) is 0 Å². The minimum atomic E-state index is 0.571. The lowest BCUT2D eigenvalue weighted by Gasteiger charge is -2.31. The molecule has 1 heteroatoms. The minimum absolute atomic E-state index is 0.571. The molecular weight excluding hydrogens is 206 g/mol. The van der Waals surface area contributed by atoms with Crippen LogP contribution < -0.4 is 5.32 Å². The maximum atomic E-state index is 3.73. The number of rotatable bonds is 6. The summed E-state index contributed by atoms with van der Waals surface area (Å²) in [5.41, 5.74) is 2.94. The van der Waals surface area contributed by atoms with E-state index in [9.17, 15) is 0 Å². The third-order valence-electron chi connectivity index (χ3n) is 4.00. The molecule has 1 aliphatic rings. The second-order valence-electron chi connectivity index (χ2n) is 5.40. The van der Waals surface area contributed by atoms with Crippen molar-refractivity contribution in [1.29, 1.82) is 0 Å². The molecule has 0 saturated heterocycles. The van der Waals surface area contributed by atoms with Gasteiger partial charge in [0.15, 0.2) is 0 Å². The van der Waals surface area contributed by atoms with E-state index in [2.05, 4.69) is 43.4 Å². The molecule has 2 rings (SSSR count). The maximum Gasteiger partial charge on any atom is 0.0325 e. The molecule has 1 saturated carbocycles. The molecule has 1 aromatic carbocycles. The normalized spacial score (nSPS) is 17.8. The van der Waals surface area contributed by atoms with Crippen molar-refractivity contribution in [2.75, 3.05) is 6.54 Å². The fraction of sp³-hybridized carbons (Fsp3) is 0.625. The van der Waals surface area contributed by atoms with E-state index in [-0.39, 0.29) is 0 Å². The average Bonchev–Trinajstić information content (AvgIpc) is 2.28. The largest absolute Gasteiger partial charge is 0.310 e. The van der Waals surface area contributed by atoms with Crippen LogP contribution >= 0.6 is 0 Å². The van der Waals surface area contributed by atoms with Gasteiger partial charge in [-0.1, -0.05) is 50.5 Å². The number of aryl methyl sites for hydroxylation is 1. The molecule has 0 radical (unpaired) electrons. The van der Waals surface area contributed by atoms with Crippen LogP contribution in [0.1, 0.15) is 56.2 Å². The third kappa shape index (κ3) is 3.32. The number of benzene rings is 1. The van der Waals surface area contributed by atoms with Crippen LogP contribution in [-0.4, -0.2) is 6.54 Å². The van der Waals surface area contributed by atoms with Gasteiger partial charge in [-0.2, -0.15) is 0 Å². The summed E-state index contributed by atoms with van der Waals surface area (Å²) in [6.45, 7) is 5.60. The quantitative estimate of drug-likeness (QED) is 0.772. The summed E-state index contributed by atoms with van der Waals surface area (Å²) < 4.78 is 0. The second-order valence-corrected chi connectivity index (χ2v) is 5.40. The smallest absolute Gasteiger partial charge is 0.0325 e. The molecular formula is C16H25N. The average molecular weight is 231 g/mol. The molecule has 0 amide bonds. The predicted molar refractivity (Wildman–Crippen MR) is 74.2 cm³/mol. The zero-order valence-electron chi connectivity index (χ0n) is 11.2. The topological polar surface area (TPSA) is 12.0 Å². The summed E-state index contributed by atoms with van der Waals surface area (Å²) in [7, 11) is 0. The Hall–Kier alpha value is -0.820. The Morgan fingerprint density at radius 1 is 1.29 bits per heavy atom. The van der Waals surface area contributed by atoms with Crippen LogP contribution in [0.15, 0.2) is 24.3 Å². The monoisotopic (exact) mass is 231 g/mol. The van der Waals surface area contributed by atoms with E-state index in [1.54, 1.807) is 0 Å². The zero-order valence-corrected chi connectivity index (χ0v) is 11.2. The van der Waals surface area contributed by atoms with Crippen LogP contribution in [0.4, 0.5) is 0 Å².